The van der Waals surface area contributed by atoms with E-state index >= 15 is 0 Å². The molecule has 4 saturated carbocycles. The van der Waals surface area contributed by atoms with Gasteiger partial charge in [-0.1, -0.05) is 13.8 Å². The van der Waals surface area contributed by atoms with Crippen molar-refractivity contribution in [2.45, 2.75) is 122 Å². The van der Waals surface area contributed by atoms with E-state index in [0.717, 1.165) is 64.2 Å². The van der Waals surface area contributed by atoms with Crippen molar-refractivity contribution in [2.75, 3.05) is 0 Å². The van der Waals surface area contributed by atoms with Crippen LogP contribution in [0.1, 0.15) is 110 Å². The van der Waals surface area contributed by atoms with Gasteiger partial charge in [-0.15, -0.1) is 0 Å². The molecule has 39 heavy (non-hydrogen) atoms. The van der Waals surface area contributed by atoms with Gasteiger partial charge in [0.25, 0.3) is 0 Å². The van der Waals surface area contributed by atoms with E-state index in [1.54, 1.807) is 0 Å². The summed E-state index contributed by atoms with van der Waals surface area (Å²) in [7, 11) is 0. The molecule has 6 unspecified atom stereocenters. The van der Waals surface area contributed by atoms with E-state index in [2.05, 4.69) is 24.5 Å². The maximum Gasteiger partial charge on any atom is 0.307 e. The molecule has 4 N–H and O–H groups in total. The third-order valence-electron chi connectivity index (χ3n) is 10.6. The second kappa shape index (κ2) is 13.5. The number of aliphatic carboxylic acids is 2. The molecule has 4 aliphatic rings. The molecule has 0 saturated heterocycles. The molecule has 0 heterocycles. The Morgan fingerprint density at radius 2 is 0.897 bits per heavy atom. The predicted molar refractivity (Wildman–Crippen MR) is 148 cm³/mol. The lowest BCUT2D eigenvalue weighted by Gasteiger charge is -2.37. The van der Waals surface area contributed by atoms with E-state index in [1.165, 1.54) is 6.42 Å². The van der Waals surface area contributed by atoms with Crippen LogP contribution >= 0.6 is 0 Å². The zero-order valence-electron chi connectivity index (χ0n) is 23.9. The summed E-state index contributed by atoms with van der Waals surface area (Å²) in [5, 5.41) is 25.6. The van der Waals surface area contributed by atoms with Crippen LogP contribution < -0.4 is 10.6 Å². The number of carboxylic acid groups (broad SMARTS) is 2. The Kier molecular flexibility index (Phi) is 10.3. The van der Waals surface area contributed by atoms with Gasteiger partial charge in [0, 0.05) is 12.1 Å². The predicted octanol–water partition coefficient (Wildman–Crippen LogP) is 5.00. The van der Waals surface area contributed by atoms with Crippen LogP contribution in [0.2, 0.25) is 0 Å². The van der Waals surface area contributed by atoms with Gasteiger partial charge >= 0.3 is 11.9 Å². The van der Waals surface area contributed by atoms with Crippen molar-refractivity contribution >= 4 is 23.8 Å². The summed E-state index contributed by atoms with van der Waals surface area (Å²) in [5.74, 6) is -1.60. The van der Waals surface area contributed by atoms with Crippen molar-refractivity contribution in [1.82, 2.24) is 10.6 Å². The van der Waals surface area contributed by atoms with E-state index in [4.69, 9.17) is 0 Å². The number of amides is 2. The van der Waals surface area contributed by atoms with Crippen LogP contribution in [0.4, 0.5) is 0 Å². The molecule has 8 nitrogen and oxygen atoms in total. The third kappa shape index (κ3) is 7.97. The largest absolute Gasteiger partial charge is 0.481 e. The maximum atomic E-state index is 13.0. The summed E-state index contributed by atoms with van der Waals surface area (Å²) in [4.78, 5) is 49.3. The lowest BCUT2D eigenvalue weighted by atomic mass is 9.73. The maximum absolute atomic E-state index is 13.0. The lowest BCUT2D eigenvalue weighted by molar-refractivity contribution is -0.150. The van der Waals surface area contributed by atoms with Gasteiger partial charge in [0.1, 0.15) is 0 Å². The Balaban J connectivity index is 1.15. The van der Waals surface area contributed by atoms with E-state index in [9.17, 15) is 29.4 Å². The van der Waals surface area contributed by atoms with Crippen LogP contribution in [0.15, 0.2) is 0 Å². The topological polar surface area (TPSA) is 133 Å². The summed E-state index contributed by atoms with van der Waals surface area (Å²) in [6.45, 7) is 4.22. The summed E-state index contributed by atoms with van der Waals surface area (Å²) >= 11 is 0. The molecule has 0 aliphatic heterocycles. The normalized spacial score (nSPS) is 39.3. The highest BCUT2D eigenvalue weighted by atomic mass is 16.4. The van der Waals surface area contributed by atoms with Gasteiger partial charge in [-0.2, -0.15) is 0 Å². The molecular formula is C31H50N2O6. The molecule has 4 rings (SSSR count). The highest BCUT2D eigenvalue weighted by Gasteiger charge is 2.40. The first-order valence-corrected chi connectivity index (χ1v) is 15.7. The van der Waals surface area contributed by atoms with Crippen molar-refractivity contribution in [3.63, 3.8) is 0 Å². The molecular weight excluding hydrogens is 496 g/mol. The van der Waals surface area contributed by atoms with Crippen LogP contribution in [-0.2, 0) is 19.2 Å². The number of hydrogen-bond acceptors (Lipinski definition) is 4. The van der Waals surface area contributed by atoms with Gasteiger partial charge in [0.05, 0.1) is 23.7 Å². The Morgan fingerprint density at radius 1 is 0.538 bits per heavy atom. The van der Waals surface area contributed by atoms with Crippen LogP contribution in [0.3, 0.4) is 0 Å². The van der Waals surface area contributed by atoms with E-state index in [-0.39, 0.29) is 23.9 Å². The molecule has 4 fully saturated rings. The molecule has 6 atom stereocenters. The van der Waals surface area contributed by atoms with Gasteiger partial charge in [0.15, 0.2) is 0 Å². The third-order valence-corrected chi connectivity index (χ3v) is 10.6. The highest BCUT2D eigenvalue weighted by molar-refractivity contribution is 5.85. The van der Waals surface area contributed by atoms with Crippen molar-refractivity contribution in [3.8, 4) is 0 Å². The number of carbonyl (C=O) groups excluding carboxylic acids is 2. The zero-order chi connectivity index (χ0) is 28.1. The molecule has 0 radical (unpaired) electrons. The Bertz CT molecular complexity index is 806. The quantitative estimate of drug-likeness (QED) is 0.339. The minimum absolute atomic E-state index is 0.0601. The van der Waals surface area contributed by atoms with E-state index < -0.39 is 35.6 Å². The summed E-state index contributed by atoms with van der Waals surface area (Å²) in [6, 6.07) is 0.312. The van der Waals surface area contributed by atoms with Gasteiger partial charge in [0.2, 0.25) is 11.8 Å². The fraction of sp³-hybridized carbons (Fsp3) is 0.871. The number of carbonyl (C=O) groups is 4. The first-order valence-electron chi connectivity index (χ1n) is 15.7. The Morgan fingerprint density at radius 3 is 1.23 bits per heavy atom. The minimum Gasteiger partial charge on any atom is -0.481 e. The number of rotatable bonds is 8. The summed E-state index contributed by atoms with van der Waals surface area (Å²) in [6.07, 6.45) is 13.7. The first kappa shape index (κ1) is 29.9. The summed E-state index contributed by atoms with van der Waals surface area (Å²) < 4.78 is 0. The molecule has 0 aromatic heterocycles. The second-order valence-corrected chi connectivity index (χ2v) is 13.6. The van der Waals surface area contributed by atoms with Crippen LogP contribution in [0.25, 0.3) is 0 Å². The fourth-order valence-electron chi connectivity index (χ4n) is 8.11. The van der Waals surface area contributed by atoms with Gasteiger partial charge in [-0.25, -0.2) is 0 Å². The molecule has 0 bridgehead atoms. The lowest BCUT2D eigenvalue weighted by Crippen LogP contribution is -2.46. The van der Waals surface area contributed by atoms with E-state index in [1.807, 2.05) is 0 Å². The standard InChI is InChI=1S/C31H50N2O6/c1-18-3-13-24(30(36)37)26(15-18)28(34)32-22-9-5-20(6-10-22)17-21-7-11-23(12-8-21)33-29(35)27-16-19(2)4-14-25(27)31(38)39/h18-27H,3-17H2,1-2H3,(H,32,34)(H,33,35)(H,36,37)(H,38,39). The number of carboxylic acids is 2. The molecule has 0 spiro atoms. The molecule has 220 valence electrons. The van der Waals surface area contributed by atoms with Crippen LogP contribution in [-0.4, -0.2) is 46.0 Å². The van der Waals surface area contributed by atoms with Gasteiger partial charge in [-0.3, -0.25) is 19.2 Å². The molecule has 4 aliphatic carbocycles. The SMILES string of the molecule is CC1CCC(C(=O)O)C(C(=O)NC2CCC(CC3CCC(NC(=O)C4CC(C)CCC4C(=O)O)CC3)CC2)C1. The monoisotopic (exact) mass is 546 g/mol. The molecule has 0 aromatic carbocycles. The number of hydrogen-bond donors (Lipinski definition) is 4. The molecule has 0 aromatic rings. The molecule has 8 heteroatoms. The average molecular weight is 547 g/mol. The highest BCUT2D eigenvalue weighted by Crippen LogP contribution is 2.38. The second-order valence-electron chi connectivity index (χ2n) is 13.6. The van der Waals surface area contributed by atoms with Crippen molar-refractivity contribution in [1.29, 1.82) is 0 Å². The average Bonchev–Trinajstić information content (AvgIpc) is 2.90. The van der Waals surface area contributed by atoms with Crippen LogP contribution in [0, 0.1) is 47.3 Å². The fourth-order valence-corrected chi connectivity index (χ4v) is 8.11. The van der Waals surface area contributed by atoms with Crippen LogP contribution in [0.5, 0.6) is 0 Å². The van der Waals surface area contributed by atoms with Gasteiger partial charge < -0.3 is 20.8 Å². The van der Waals surface area contributed by atoms with Crippen molar-refractivity contribution < 1.29 is 29.4 Å². The summed E-state index contributed by atoms with van der Waals surface area (Å²) in [5.41, 5.74) is 0. The smallest absolute Gasteiger partial charge is 0.307 e. The zero-order valence-corrected chi connectivity index (χ0v) is 23.9. The first-order chi connectivity index (χ1) is 18.6. The number of nitrogens with one attached hydrogen (secondary N) is 2. The van der Waals surface area contributed by atoms with Crippen molar-refractivity contribution in [3.05, 3.63) is 0 Å². The molecule has 2 amide bonds. The van der Waals surface area contributed by atoms with E-state index in [0.29, 0.717) is 49.4 Å². The Labute approximate surface area is 233 Å². The minimum atomic E-state index is -0.840. The Hall–Kier alpha value is -2.12. The van der Waals surface area contributed by atoms with Crippen molar-refractivity contribution in [2.24, 2.45) is 47.3 Å². The van der Waals surface area contributed by atoms with Gasteiger partial charge in [-0.05, 0) is 120 Å².